The van der Waals surface area contributed by atoms with E-state index in [1.165, 1.54) is 13.0 Å². The average Bonchev–Trinajstić information content (AvgIpc) is 2.38. The summed E-state index contributed by atoms with van der Waals surface area (Å²) in [4.78, 5) is 14.3. The lowest BCUT2D eigenvalue weighted by Crippen LogP contribution is -2.44. The van der Waals surface area contributed by atoms with Gasteiger partial charge in [0, 0.05) is 25.6 Å². The van der Waals surface area contributed by atoms with Crippen molar-refractivity contribution >= 4 is 5.91 Å². The summed E-state index contributed by atoms with van der Waals surface area (Å²) < 4.78 is 0. The summed E-state index contributed by atoms with van der Waals surface area (Å²) in [5.74, 6) is 0.645. The SMILES string of the molecule is CCCN1CCC(NC(=O)CCC(C)CN)CC1. The van der Waals surface area contributed by atoms with Gasteiger partial charge in [0.2, 0.25) is 5.91 Å². The smallest absolute Gasteiger partial charge is 0.220 e. The molecule has 0 aliphatic carbocycles. The number of nitrogens with one attached hydrogen (secondary N) is 1. The molecule has 1 saturated heterocycles. The Hall–Kier alpha value is -0.610. The van der Waals surface area contributed by atoms with Crippen LogP contribution in [0.1, 0.15) is 46.0 Å². The van der Waals surface area contributed by atoms with E-state index >= 15 is 0 Å². The topological polar surface area (TPSA) is 58.4 Å². The molecule has 0 aromatic rings. The molecule has 0 aromatic carbocycles. The van der Waals surface area contributed by atoms with E-state index in [9.17, 15) is 4.79 Å². The molecule has 4 nitrogen and oxygen atoms in total. The van der Waals surface area contributed by atoms with Crippen molar-refractivity contribution in [2.24, 2.45) is 11.7 Å². The molecule has 1 fully saturated rings. The largest absolute Gasteiger partial charge is 0.353 e. The van der Waals surface area contributed by atoms with Crippen LogP contribution in [0.25, 0.3) is 0 Å². The maximum atomic E-state index is 11.8. The predicted octanol–water partition coefficient (Wildman–Crippen LogP) is 1.35. The van der Waals surface area contributed by atoms with Crippen LogP contribution < -0.4 is 11.1 Å². The van der Waals surface area contributed by atoms with Crippen molar-refractivity contribution in [2.45, 2.75) is 52.0 Å². The minimum absolute atomic E-state index is 0.198. The van der Waals surface area contributed by atoms with Crippen molar-refractivity contribution < 1.29 is 4.79 Å². The first-order valence-electron chi connectivity index (χ1n) is 7.37. The molecule has 0 bridgehead atoms. The van der Waals surface area contributed by atoms with Crippen molar-refractivity contribution in [3.05, 3.63) is 0 Å². The van der Waals surface area contributed by atoms with Gasteiger partial charge in [0.05, 0.1) is 0 Å². The zero-order valence-electron chi connectivity index (χ0n) is 12.0. The lowest BCUT2D eigenvalue weighted by atomic mass is 10.0. The summed E-state index contributed by atoms with van der Waals surface area (Å²) in [6.45, 7) is 8.41. The third-order valence-corrected chi connectivity index (χ3v) is 3.76. The second-order valence-corrected chi connectivity index (χ2v) is 5.56. The number of piperidine rings is 1. The van der Waals surface area contributed by atoms with Crippen LogP contribution in [0, 0.1) is 5.92 Å². The number of rotatable bonds is 7. The maximum absolute atomic E-state index is 11.8. The Morgan fingerprint density at radius 1 is 1.44 bits per heavy atom. The lowest BCUT2D eigenvalue weighted by Gasteiger charge is -2.32. The average molecular weight is 255 g/mol. The van der Waals surface area contributed by atoms with Gasteiger partial charge in [-0.2, -0.15) is 0 Å². The van der Waals surface area contributed by atoms with Crippen LogP contribution in [0.2, 0.25) is 0 Å². The summed E-state index contributed by atoms with van der Waals surface area (Å²) in [6.07, 6.45) is 4.93. The van der Waals surface area contributed by atoms with Gasteiger partial charge in [0.1, 0.15) is 0 Å². The summed E-state index contributed by atoms with van der Waals surface area (Å²) in [5, 5.41) is 3.15. The van der Waals surface area contributed by atoms with Crippen LogP contribution in [0.4, 0.5) is 0 Å². The van der Waals surface area contributed by atoms with E-state index in [2.05, 4.69) is 24.1 Å². The highest BCUT2D eigenvalue weighted by Gasteiger charge is 2.19. The van der Waals surface area contributed by atoms with Crippen LogP contribution in [0.15, 0.2) is 0 Å². The molecule has 1 unspecified atom stereocenters. The molecule has 18 heavy (non-hydrogen) atoms. The second kappa shape index (κ2) is 8.48. The first kappa shape index (κ1) is 15.4. The molecule has 0 aromatic heterocycles. The molecule has 1 atom stereocenters. The minimum atomic E-state index is 0.198. The van der Waals surface area contributed by atoms with Crippen LogP contribution in [-0.4, -0.2) is 43.0 Å². The Morgan fingerprint density at radius 2 is 2.11 bits per heavy atom. The van der Waals surface area contributed by atoms with Crippen molar-refractivity contribution in [2.75, 3.05) is 26.2 Å². The number of carbonyl (C=O) groups excluding carboxylic acids is 1. The number of hydrogen-bond acceptors (Lipinski definition) is 3. The van der Waals surface area contributed by atoms with Crippen molar-refractivity contribution in [3.8, 4) is 0 Å². The fourth-order valence-electron chi connectivity index (χ4n) is 2.41. The standard InChI is InChI=1S/C14H29N3O/c1-3-8-17-9-6-13(7-10-17)16-14(18)5-4-12(2)11-15/h12-13H,3-11,15H2,1-2H3,(H,16,18). The van der Waals surface area contributed by atoms with E-state index < -0.39 is 0 Å². The Morgan fingerprint density at radius 3 is 2.67 bits per heavy atom. The summed E-state index contributed by atoms with van der Waals surface area (Å²) in [6, 6.07) is 0.388. The zero-order valence-corrected chi connectivity index (χ0v) is 12.0. The molecule has 1 amide bonds. The molecule has 1 aliphatic rings. The predicted molar refractivity (Wildman–Crippen MR) is 75.3 cm³/mol. The second-order valence-electron chi connectivity index (χ2n) is 5.56. The van der Waals surface area contributed by atoms with E-state index in [1.807, 2.05) is 0 Å². The maximum Gasteiger partial charge on any atom is 0.220 e. The van der Waals surface area contributed by atoms with Gasteiger partial charge in [-0.3, -0.25) is 4.79 Å². The Balaban J connectivity index is 2.14. The zero-order chi connectivity index (χ0) is 13.4. The normalized spacial score (nSPS) is 19.7. The Labute approximate surface area is 111 Å². The van der Waals surface area contributed by atoms with Crippen LogP contribution in [0.5, 0.6) is 0 Å². The van der Waals surface area contributed by atoms with E-state index in [-0.39, 0.29) is 5.91 Å². The van der Waals surface area contributed by atoms with E-state index in [0.29, 0.717) is 24.9 Å². The fourth-order valence-corrected chi connectivity index (χ4v) is 2.41. The number of hydrogen-bond donors (Lipinski definition) is 2. The summed E-state index contributed by atoms with van der Waals surface area (Å²) in [5.41, 5.74) is 5.55. The van der Waals surface area contributed by atoms with Crippen LogP contribution in [-0.2, 0) is 4.79 Å². The van der Waals surface area contributed by atoms with E-state index in [4.69, 9.17) is 5.73 Å². The number of nitrogens with zero attached hydrogens (tertiary/aromatic N) is 1. The van der Waals surface area contributed by atoms with E-state index in [1.54, 1.807) is 0 Å². The molecular weight excluding hydrogens is 226 g/mol. The molecule has 0 saturated carbocycles. The summed E-state index contributed by atoms with van der Waals surface area (Å²) >= 11 is 0. The number of likely N-dealkylation sites (tertiary alicyclic amines) is 1. The van der Waals surface area contributed by atoms with Gasteiger partial charge in [-0.1, -0.05) is 13.8 Å². The monoisotopic (exact) mass is 255 g/mol. The van der Waals surface area contributed by atoms with Gasteiger partial charge < -0.3 is 16.0 Å². The highest BCUT2D eigenvalue weighted by Crippen LogP contribution is 2.11. The molecule has 0 radical (unpaired) electrons. The minimum Gasteiger partial charge on any atom is -0.353 e. The van der Waals surface area contributed by atoms with Crippen molar-refractivity contribution in [3.63, 3.8) is 0 Å². The molecule has 1 heterocycles. The molecule has 1 rings (SSSR count). The van der Waals surface area contributed by atoms with Gasteiger partial charge in [-0.05, 0) is 44.7 Å². The lowest BCUT2D eigenvalue weighted by molar-refractivity contribution is -0.122. The third kappa shape index (κ3) is 5.83. The quantitative estimate of drug-likeness (QED) is 0.722. The Kier molecular flexibility index (Phi) is 7.28. The first-order chi connectivity index (χ1) is 8.65. The number of nitrogens with two attached hydrogens (primary N) is 1. The number of carbonyl (C=O) groups is 1. The number of amides is 1. The van der Waals surface area contributed by atoms with Gasteiger partial charge >= 0.3 is 0 Å². The molecule has 1 aliphatic heterocycles. The Bertz CT molecular complexity index is 237. The van der Waals surface area contributed by atoms with Gasteiger partial charge in [-0.15, -0.1) is 0 Å². The fraction of sp³-hybridized carbons (Fsp3) is 0.929. The van der Waals surface area contributed by atoms with Gasteiger partial charge in [0.15, 0.2) is 0 Å². The van der Waals surface area contributed by atoms with Crippen molar-refractivity contribution in [1.29, 1.82) is 0 Å². The molecule has 3 N–H and O–H groups in total. The summed E-state index contributed by atoms with van der Waals surface area (Å²) in [7, 11) is 0. The molecule has 106 valence electrons. The molecule has 4 heteroatoms. The molecular formula is C14H29N3O. The first-order valence-corrected chi connectivity index (χ1v) is 7.37. The van der Waals surface area contributed by atoms with Gasteiger partial charge in [-0.25, -0.2) is 0 Å². The van der Waals surface area contributed by atoms with Crippen molar-refractivity contribution in [1.82, 2.24) is 10.2 Å². The third-order valence-electron chi connectivity index (χ3n) is 3.76. The van der Waals surface area contributed by atoms with Crippen LogP contribution in [0.3, 0.4) is 0 Å². The molecule has 0 spiro atoms. The highest BCUT2D eigenvalue weighted by atomic mass is 16.1. The van der Waals surface area contributed by atoms with E-state index in [0.717, 1.165) is 32.4 Å². The van der Waals surface area contributed by atoms with Crippen LogP contribution >= 0.6 is 0 Å². The highest BCUT2D eigenvalue weighted by molar-refractivity contribution is 5.76. The van der Waals surface area contributed by atoms with Gasteiger partial charge in [0.25, 0.3) is 0 Å².